The van der Waals surface area contributed by atoms with Gasteiger partial charge in [-0.3, -0.25) is 4.79 Å². The lowest BCUT2D eigenvalue weighted by Gasteiger charge is -2.14. The van der Waals surface area contributed by atoms with E-state index >= 15 is 0 Å². The number of aromatic nitrogens is 2. The van der Waals surface area contributed by atoms with E-state index < -0.39 is 0 Å². The molecule has 0 atom stereocenters. The Morgan fingerprint density at radius 2 is 1.52 bits per heavy atom. The summed E-state index contributed by atoms with van der Waals surface area (Å²) in [5, 5.41) is 9.30. The van der Waals surface area contributed by atoms with Crippen LogP contribution in [0.1, 0.15) is 23.6 Å². The van der Waals surface area contributed by atoms with Crippen molar-refractivity contribution < 1.29 is 4.79 Å². The summed E-state index contributed by atoms with van der Waals surface area (Å²) in [4.78, 5) is 19.9. The Labute approximate surface area is 159 Å². The van der Waals surface area contributed by atoms with Crippen LogP contribution in [0.3, 0.4) is 0 Å². The number of aryl methyl sites for hydroxylation is 3. The molecule has 1 heterocycles. The minimum Gasteiger partial charge on any atom is -0.340 e. The Morgan fingerprint density at radius 3 is 2.15 bits per heavy atom. The Morgan fingerprint density at radius 1 is 0.889 bits per heavy atom. The van der Waals surface area contributed by atoms with E-state index in [0.717, 1.165) is 22.9 Å². The van der Waals surface area contributed by atoms with Gasteiger partial charge in [0.05, 0.1) is 0 Å². The van der Waals surface area contributed by atoms with Crippen LogP contribution in [0, 0.1) is 20.8 Å². The van der Waals surface area contributed by atoms with Gasteiger partial charge in [0.15, 0.2) is 0 Å². The molecule has 6 heteroatoms. The summed E-state index contributed by atoms with van der Waals surface area (Å²) < 4.78 is 0. The van der Waals surface area contributed by atoms with Gasteiger partial charge in [0, 0.05) is 30.2 Å². The first-order chi connectivity index (χ1) is 12.9. The molecule has 1 amide bonds. The minimum absolute atomic E-state index is 0.0977. The Hall–Kier alpha value is -3.41. The lowest BCUT2D eigenvalue weighted by atomic mass is 10.1. The zero-order chi connectivity index (χ0) is 19.4. The fourth-order valence-electron chi connectivity index (χ4n) is 2.96. The molecule has 0 aliphatic carbocycles. The van der Waals surface area contributed by atoms with E-state index in [2.05, 4.69) is 58.8 Å². The third kappa shape index (κ3) is 4.82. The van der Waals surface area contributed by atoms with E-state index in [1.807, 2.05) is 30.3 Å². The van der Waals surface area contributed by atoms with Crippen LogP contribution in [0.5, 0.6) is 0 Å². The van der Waals surface area contributed by atoms with Crippen molar-refractivity contribution in [2.24, 2.45) is 0 Å². The molecule has 3 N–H and O–H groups in total. The molecule has 0 saturated heterocycles. The summed E-state index contributed by atoms with van der Waals surface area (Å²) >= 11 is 0. The molecule has 0 fully saturated rings. The van der Waals surface area contributed by atoms with Gasteiger partial charge < -0.3 is 16.0 Å². The molecule has 2 aromatic carbocycles. The molecule has 1 aromatic heterocycles. The molecule has 6 nitrogen and oxygen atoms in total. The van der Waals surface area contributed by atoms with Gasteiger partial charge in [0.1, 0.15) is 5.82 Å². The van der Waals surface area contributed by atoms with Crippen molar-refractivity contribution in [2.75, 3.05) is 16.0 Å². The zero-order valence-electron chi connectivity index (χ0n) is 15.9. The van der Waals surface area contributed by atoms with Gasteiger partial charge >= 0.3 is 0 Å². The van der Waals surface area contributed by atoms with Crippen LogP contribution in [0.4, 0.5) is 28.8 Å². The quantitative estimate of drug-likeness (QED) is 0.605. The van der Waals surface area contributed by atoms with E-state index in [1.54, 1.807) is 6.20 Å². The summed E-state index contributed by atoms with van der Waals surface area (Å²) in [7, 11) is 0. The third-order valence-corrected chi connectivity index (χ3v) is 4.05. The van der Waals surface area contributed by atoms with E-state index in [4.69, 9.17) is 0 Å². The summed E-state index contributed by atoms with van der Waals surface area (Å²) in [6.45, 7) is 7.74. The van der Waals surface area contributed by atoms with Gasteiger partial charge in [-0.15, -0.1) is 0 Å². The predicted octanol–water partition coefficient (Wildman–Crippen LogP) is 4.85. The molecule has 0 unspecified atom stereocenters. The maximum absolute atomic E-state index is 11.1. The third-order valence-electron chi connectivity index (χ3n) is 4.05. The highest BCUT2D eigenvalue weighted by atomic mass is 16.1. The molecule has 0 saturated carbocycles. The molecule has 3 aromatic rings. The molecular weight excluding hydrogens is 338 g/mol. The van der Waals surface area contributed by atoms with Gasteiger partial charge in [-0.2, -0.15) is 4.98 Å². The van der Waals surface area contributed by atoms with Gasteiger partial charge in [0.25, 0.3) is 0 Å². The summed E-state index contributed by atoms with van der Waals surface area (Å²) in [5.41, 5.74) is 6.23. The second-order valence-corrected chi connectivity index (χ2v) is 6.55. The fraction of sp³-hybridized carbons (Fsp3) is 0.190. The molecule has 0 spiro atoms. The van der Waals surface area contributed by atoms with Gasteiger partial charge in [-0.1, -0.05) is 17.7 Å². The second-order valence-electron chi connectivity index (χ2n) is 6.55. The molecule has 138 valence electrons. The first-order valence-corrected chi connectivity index (χ1v) is 8.73. The molecule has 3 rings (SSSR count). The molecule has 0 radical (unpaired) electrons. The molecule has 0 bridgehead atoms. The highest BCUT2D eigenvalue weighted by molar-refractivity contribution is 5.88. The Kier molecular flexibility index (Phi) is 5.35. The lowest BCUT2D eigenvalue weighted by Crippen LogP contribution is -2.05. The van der Waals surface area contributed by atoms with Gasteiger partial charge in [-0.25, -0.2) is 4.98 Å². The summed E-state index contributed by atoms with van der Waals surface area (Å²) in [5.74, 6) is 1.12. The summed E-state index contributed by atoms with van der Waals surface area (Å²) in [6.07, 6.45) is 1.71. The lowest BCUT2D eigenvalue weighted by molar-refractivity contribution is -0.114. The summed E-state index contributed by atoms with van der Waals surface area (Å²) in [6, 6.07) is 13.5. The van der Waals surface area contributed by atoms with Crippen LogP contribution >= 0.6 is 0 Å². The molecule has 27 heavy (non-hydrogen) atoms. The van der Waals surface area contributed by atoms with Crippen LogP contribution in [-0.4, -0.2) is 15.9 Å². The largest absolute Gasteiger partial charge is 0.340 e. The number of rotatable bonds is 5. The number of anilines is 5. The first kappa shape index (κ1) is 18.4. The fourth-order valence-corrected chi connectivity index (χ4v) is 2.96. The zero-order valence-corrected chi connectivity index (χ0v) is 15.9. The average molecular weight is 361 g/mol. The number of carbonyl (C=O) groups excluding carboxylic acids is 1. The van der Waals surface area contributed by atoms with E-state index in [9.17, 15) is 4.79 Å². The Balaban J connectivity index is 1.75. The van der Waals surface area contributed by atoms with Crippen molar-refractivity contribution in [3.05, 3.63) is 65.4 Å². The second kappa shape index (κ2) is 7.86. The van der Waals surface area contributed by atoms with Crippen LogP contribution in [0.25, 0.3) is 0 Å². The molecule has 0 aliphatic heterocycles. The van der Waals surface area contributed by atoms with Crippen molar-refractivity contribution in [1.29, 1.82) is 0 Å². The van der Waals surface area contributed by atoms with Gasteiger partial charge in [0.2, 0.25) is 11.9 Å². The average Bonchev–Trinajstić information content (AvgIpc) is 2.60. The highest BCUT2D eigenvalue weighted by Gasteiger charge is 2.06. The van der Waals surface area contributed by atoms with Crippen molar-refractivity contribution in [3.63, 3.8) is 0 Å². The van der Waals surface area contributed by atoms with E-state index in [1.165, 1.54) is 23.6 Å². The van der Waals surface area contributed by atoms with Crippen LogP contribution in [0.15, 0.2) is 48.7 Å². The predicted molar refractivity (Wildman–Crippen MR) is 110 cm³/mol. The van der Waals surface area contributed by atoms with Crippen LogP contribution in [-0.2, 0) is 4.79 Å². The number of benzene rings is 2. The van der Waals surface area contributed by atoms with Crippen LogP contribution < -0.4 is 16.0 Å². The van der Waals surface area contributed by atoms with Crippen LogP contribution in [0.2, 0.25) is 0 Å². The number of hydrogen-bond donors (Lipinski definition) is 3. The maximum Gasteiger partial charge on any atom is 0.229 e. The van der Waals surface area contributed by atoms with Crippen molar-refractivity contribution in [2.45, 2.75) is 27.7 Å². The van der Waals surface area contributed by atoms with Crippen molar-refractivity contribution >= 4 is 34.7 Å². The number of amides is 1. The number of nitrogens with zero attached hydrogens (tertiary/aromatic N) is 2. The minimum atomic E-state index is -0.0977. The maximum atomic E-state index is 11.1. The molecule has 0 aliphatic rings. The normalized spacial score (nSPS) is 10.4. The highest BCUT2D eigenvalue weighted by Crippen LogP contribution is 2.25. The SMILES string of the molecule is CC(=O)Nc1ccc(Nc2nccc(Nc3c(C)cc(C)cc3C)n2)cc1. The standard InChI is InChI=1S/C21H23N5O/c1-13-11-14(2)20(15(3)12-13)25-19-9-10-22-21(26-19)24-18-7-5-17(6-8-18)23-16(4)27/h5-12H,1-4H3,(H,23,27)(H2,22,24,25,26). The van der Waals surface area contributed by atoms with Gasteiger partial charge in [-0.05, 0) is 62.2 Å². The monoisotopic (exact) mass is 361 g/mol. The number of nitrogens with one attached hydrogen (secondary N) is 3. The van der Waals surface area contributed by atoms with E-state index in [-0.39, 0.29) is 5.91 Å². The van der Waals surface area contributed by atoms with Crippen molar-refractivity contribution in [1.82, 2.24) is 9.97 Å². The van der Waals surface area contributed by atoms with E-state index in [0.29, 0.717) is 5.95 Å². The first-order valence-electron chi connectivity index (χ1n) is 8.73. The Bertz CT molecular complexity index is 944. The number of hydrogen-bond acceptors (Lipinski definition) is 5. The van der Waals surface area contributed by atoms with Crippen molar-refractivity contribution in [3.8, 4) is 0 Å². The number of carbonyl (C=O) groups is 1. The smallest absolute Gasteiger partial charge is 0.229 e. The molecular formula is C21H23N5O. The topological polar surface area (TPSA) is 78.9 Å².